The van der Waals surface area contributed by atoms with Crippen LogP contribution in [0.5, 0.6) is 0 Å². The lowest BCUT2D eigenvalue weighted by atomic mass is 10.0. The van der Waals surface area contributed by atoms with Crippen molar-refractivity contribution in [2.75, 3.05) is 13.2 Å². The van der Waals surface area contributed by atoms with E-state index >= 15 is 0 Å². The van der Waals surface area contributed by atoms with Crippen molar-refractivity contribution in [1.82, 2.24) is 0 Å². The molecule has 0 spiro atoms. The van der Waals surface area contributed by atoms with Crippen LogP contribution in [0.2, 0.25) is 0 Å². The van der Waals surface area contributed by atoms with Crippen LogP contribution in [0.4, 0.5) is 0 Å². The van der Waals surface area contributed by atoms with Gasteiger partial charge in [-0.25, -0.2) is 4.57 Å². The summed E-state index contributed by atoms with van der Waals surface area (Å²) in [6.07, 6.45) is 42.2. The molecule has 0 fully saturated rings. The van der Waals surface area contributed by atoms with E-state index in [0.29, 0.717) is 12.8 Å². The van der Waals surface area contributed by atoms with Gasteiger partial charge in [-0.05, 0) is 44.9 Å². The SMILES string of the molecule is CCCCCCCCCCCCCCCC/C=C/CC/C=C/CCCC(=O)OC[C@H](COP(=O)(O)O)OC(=O)CCCCCCCCCCC. The number of phosphoric acid groups is 1. The first kappa shape index (κ1) is 48.5. The van der Waals surface area contributed by atoms with Gasteiger partial charge in [0.2, 0.25) is 0 Å². The molecule has 0 rings (SSSR count). The third kappa shape index (κ3) is 39.3. The summed E-state index contributed by atoms with van der Waals surface area (Å²) >= 11 is 0. The molecule has 0 bridgehead atoms. The first-order chi connectivity index (χ1) is 24.3. The Kier molecular flexibility index (Phi) is 36.2. The summed E-state index contributed by atoms with van der Waals surface area (Å²) in [7, 11) is -4.75. The maximum Gasteiger partial charge on any atom is 0.469 e. The van der Waals surface area contributed by atoms with Gasteiger partial charge in [0, 0.05) is 12.8 Å². The Bertz CT molecular complexity index is 869. The van der Waals surface area contributed by atoms with Gasteiger partial charge < -0.3 is 19.3 Å². The normalized spacial score (nSPS) is 12.6. The van der Waals surface area contributed by atoms with Gasteiger partial charge in [0.1, 0.15) is 6.61 Å². The first-order valence-electron chi connectivity index (χ1n) is 20.6. The lowest BCUT2D eigenvalue weighted by Crippen LogP contribution is -2.29. The highest BCUT2D eigenvalue weighted by Crippen LogP contribution is 2.36. The molecule has 0 aliphatic carbocycles. The number of allylic oxidation sites excluding steroid dienone is 4. The zero-order valence-corrected chi connectivity index (χ0v) is 33.2. The molecule has 9 heteroatoms. The van der Waals surface area contributed by atoms with Crippen LogP contribution in [0.15, 0.2) is 24.3 Å². The predicted octanol–water partition coefficient (Wildman–Crippen LogP) is 12.4. The van der Waals surface area contributed by atoms with Crippen molar-refractivity contribution in [3.8, 4) is 0 Å². The van der Waals surface area contributed by atoms with E-state index in [1.165, 1.54) is 122 Å². The quantitative estimate of drug-likeness (QED) is 0.0279. The Balaban J connectivity index is 3.86. The van der Waals surface area contributed by atoms with E-state index < -0.39 is 32.5 Å². The minimum Gasteiger partial charge on any atom is -0.462 e. The van der Waals surface area contributed by atoms with Gasteiger partial charge >= 0.3 is 19.8 Å². The zero-order chi connectivity index (χ0) is 36.8. The molecule has 0 aromatic carbocycles. The summed E-state index contributed by atoms with van der Waals surface area (Å²) in [5.41, 5.74) is 0. The molecular weight excluding hydrogens is 651 g/mol. The molecule has 0 aliphatic heterocycles. The highest BCUT2D eigenvalue weighted by Gasteiger charge is 2.22. The number of esters is 2. The van der Waals surface area contributed by atoms with Crippen molar-refractivity contribution in [2.45, 2.75) is 213 Å². The van der Waals surface area contributed by atoms with Crippen molar-refractivity contribution in [1.29, 1.82) is 0 Å². The summed E-state index contributed by atoms with van der Waals surface area (Å²) in [4.78, 5) is 42.6. The van der Waals surface area contributed by atoms with Crippen molar-refractivity contribution < 1.29 is 37.9 Å². The van der Waals surface area contributed by atoms with E-state index in [0.717, 1.165) is 44.9 Å². The predicted molar refractivity (Wildman–Crippen MR) is 207 cm³/mol. The van der Waals surface area contributed by atoms with Gasteiger partial charge in [-0.15, -0.1) is 0 Å². The Labute approximate surface area is 307 Å². The maximum atomic E-state index is 12.3. The average molecular weight is 729 g/mol. The number of carbonyl (C=O) groups excluding carboxylic acids is 2. The van der Waals surface area contributed by atoms with Gasteiger partial charge in [-0.1, -0.05) is 173 Å². The fraction of sp³-hybridized carbons (Fsp3) is 0.854. The second kappa shape index (κ2) is 37.3. The van der Waals surface area contributed by atoms with Crippen molar-refractivity contribution in [3.63, 3.8) is 0 Å². The number of hydrogen-bond donors (Lipinski definition) is 2. The highest BCUT2D eigenvalue weighted by atomic mass is 31.2. The van der Waals surface area contributed by atoms with Crippen LogP contribution in [-0.4, -0.2) is 41.0 Å². The van der Waals surface area contributed by atoms with Crippen LogP contribution in [0, 0.1) is 0 Å². The number of ether oxygens (including phenoxy) is 2. The molecule has 50 heavy (non-hydrogen) atoms. The summed E-state index contributed by atoms with van der Waals surface area (Å²) in [6, 6.07) is 0. The van der Waals surface area contributed by atoms with E-state index in [1.807, 2.05) is 0 Å². The summed E-state index contributed by atoms with van der Waals surface area (Å²) in [5, 5.41) is 0. The number of phosphoric ester groups is 1. The van der Waals surface area contributed by atoms with Crippen molar-refractivity contribution in [3.05, 3.63) is 24.3 Å². The standard InChI is InChI=1S/C41H77O8P/c1-3-5-7-9-11-13-14-15-16-17-18-19-20-21-22-23-24-25-26-28-29-31-33-35-40(42)47-37-39(38-48-50(44,45)46)49-41(43)36-34-32-30-27-12-10-8-6-4-2/h23-24,28-29,39H,3-22,25-27,30-38H2,1-2H3,(H2,44,45,46)/b24-23+,29-28+/t39-/m1/s1. The fourth-order valence-electron chi connectivity index (χ4n) is 5.86. The van der Waals surface area contributed by atoms with Gasteiger partial charge in [0.05, 0.1) is 6.61 Å². The molecular formula is C41H77O8P. The van der Waals surface area contributed by atoms with Crippen LogP contribution in [-0.2, 0) is 28.2 Å². The number of rotatable bonds is 38. The Morgan fingerprint density at radius 2 is 0.880 bits per heavy atom. The minimum absolute atomic E-state index is 0.206. The zero-order valence-electron chi connectivity index (χ0n) is 32.3. The van der Waals surface area contributed by atoms with Gasteiger partial charge in [0.25, 0.3) is 0 Å². The molecule has 0 saturated carbocycles. The van der Waals surface area contributed by atoms with E-state index in [2.05, 4.69) is 42.7 Å². The van der Waals surface area contributed by atoms with Gasteiger partial charge in [-0.3, -0.25) is 14.1 Å². The molecule has 0 aromatic heterocycles. The van der Waals surface area contributed by atoms with Crippen LogP contribution < -0.4 is 0 Å². The molecule has 0 aromatic rings. The fourth-order valence-corrected chi connectivity index (χ4v) is 6.22. The summed E-state index contributed by atoms with van der Waals surface area (Å²) < 4.78 is 26.2. The second-order valence-electron chi connectivity index (χ2n) is 14.0. The summed E-state index contributed by atoms with van der Waals surface area (Å²) in [5.74, 6) is -0.931. The van der Waals surface area contributed by atoms with E-state index in [1.54, 1.807) is 0 Å². The molecule has 0 saturated heterocycles. The number of unbranched alkanes of at least 4 members (excludes halogenated alkanes) is 24. The Hall–Kier alpha value is -1.47. The highest BCUT2D eigenvalue weighted by molar-refractivity contribution is 7.46. The third-order valence-electron chi connectivity index (χ3n) is 8.95. The van der Waals surface area contributed by atoms with Crippen LogP contribution in [0.3, 0.4) is 0 Å². The number of hydrogen-bond acceptors (Lipinski definition) is 6. The van der Waals surface area contributed by atoms with Crippen LogP contribution in [0.1, 0.15) is 206 Å². The molecule has 0 aliphatic rings. The van der Waals surface area contributed by atoms with E-state index in [9.17, 15) is 14.2 Å². The molecule has 0 amide bonds. The molecule has 8 nitrogen and oxygen atoms in total. The maximum absolute atomic E-state index is 12.3. The summed E-state index contributed by atoms with van der Waals surface area (Å²) in [6.45, 7) is 3.63. The van der Waals surface area contributed by atoms with Crippen LogP contribution >= 0.6 is 7.82 Å². The van der Waals surface area contributed by atoms with Crippen LogP contribution in [0.25, 0.3) is 0 Å². The lowest BCUT2D eigenvalue weighted by molar-refractivity contribution is -0.161. The Morgan fingerprint density at radius 3 is 1.34 bits per heavy atom. The van der Waals surface area contributed by atoms with Gasteiger partial charge in [-0.2, -0.15) is 0 Å². The third-order valence-corrected chi connectivity index (χ3v) is 9.44. The molecule has 0 radical (unpaired) electrons. The van der Waals surface area contributed by atoms with Gasteiger partial charge in [0.15, 0.2) is 6.10 Å². The monoisotopic (exact) mass is 729 g/mol. The van der Waals surface area contributed by atoms with Crippen molar-refractivity contribution in [2.24, 2.45) is 0 Å². The van der Waals surface area contributed by atoms with Crippen molar-refractivity contribution >= 4 is 19.8 Å². The molecule has 0 heterocycles. The smallest absolute Gasteiger partial charge is 0.462 e. The molecule has 0 unspecified atom stereocenters. The average Bonchev–Trinajstić information content (AvgIpc) is 3.08. The molecule has 1 atom stereocenters. The Morgan fingerprint density at radius 1 is 0.500 bits per heavy atom. The largest absolute Gasteiger partial charge is 0.469 e. The van der Waals surface area contributed by atoms with E-state index in [4.69, 9.17) is 19.3 Å². The minimum atomic E-state index is -4.75. The topological polar surface area (TPSA) is 119 Å². The first-order valence-corrected chi connectivity index (χ1v) is 22.2. The molecule has 2 N–H and O–H groups in total. The number of carbonyl (C=O) groups is 2. The molecule has 294 valence electrons. The van der Waals surface area contributed by atoms with E-state index in [-0.39, 0.29) is 19.4 Å². The lowest BCUT2D eigenvalue weighted by Gasteiger charge is -2.18. The second-order valence-corrected chi connectivity index (χ2v) is 15.2.